The monoisotopic (exact) mass is 274 g/mol. The molecule has 0 aliphatic heterocycles. The predicted molar refractivity (Wildman–Crippen MR) is 59.8 cm³/mol. The molecule has 0 aliphatic rings. The minimum atomic E-state index is -4.32. The maximum absolute atomic E-state index is 13.3. The number of rotatable bonds is 4. The van der Waals surface area contributed by atoms with Gasteiger partial charge in [0.15, 0.2) is 5.82 Å². The van der Waals surface area contributed by atoms with Gasteiger partial charge in [-0.25, -0.2) is 9.37 Å². The lowest BCUT2D eigenvalue weighted by atomic mass is 10.4. The summed E-state index contributed by atoms with van der Waals surface area (Å²) >= 11 is 0. The molecule has 2 aromatic rings. The molecule has 19 heavy (non-hydrogen) atoms. The Bertz CT molecular complexity index is 550. The summed E-state index contributed by atoms with van der Waals surface area (Å²) in [6, 6.07) is 1.40. The van der Waals surface area contributed by atoms with Gasteiger partial charge in [-0.15, -0.1) is 0 Å². The van der Waals surface area contributed by atoms with Crippen LogP contribution in [-0.2, 0) is 13.1 Å². The van der Waals surface area contributed by atoms with Crippen molar-refractivity contribution in [2.75, 3.05) is 5.32 Å². The van der Waals surface area contributed by atoms with Crippen LogP contribution in [0.15, 0.2) is 30.9 Å². The van der Waals surface area contributed by atoms with Crippen LogP contribution in [0.2, 0.25) is 0 Å². The minimum Gasteiger partial charge on any atom is -0.375 e. The zero-order valence-corrected chi connectivity index (χ0v) is 9.65. The van der Waals surface area contributed by atoms with Crippen molar-refractivity contribution in [2.45, 2.75) is 19.3 Å². The van der Waals surface area contributed by atoms with Crippen LogP contribution in [0.25, 0.3) is 0 Å². The van der Waals surface area contributed by atoms with E-state index in [1.54, 1.807) is 0 Å². The number of hydrogen-bond donors (Lipinski definition) is 1. The van der Waals surface area contributed by atoms with Crippen LogP contribution in [0, 0.1) is 5.82 Å². The van der Waals surface area contributed by atoms with Gasteiger partial charge in [0.05, 0.1) is 18.4 Å². The van der Waals surface area contributed by atoms with Crippen LogP contribution in [0.5, 0.6) is 0 Å². The highest BCUT2D eigenvalue weighted by atomic mass is 19.4. The highest BCUT2D eigenvalue weighted by Crippen LogP contribution is 2.19. The smallest absolute Gasteiger partial charge is 0.375 e. The fraction of sp³-hybridized carbons (Fsp3) is 0.273. The van der Waals surface area contributed by atoms with E-state index in [1.807, 2.05) is 0 Å². The molecule has 0 aromatic carbocycles. The fourth-order valence-corrected chi connectivity index (χ4v) is 1.54. The van der Waals surface area contributed by atoms with E-state index < -0.39 is 18.5 Å². The molecule has 0 amide bonds. The predicted octanol–water partition coefficient (Wildman–Crippen LogP) is 2.59. The molecule has 0 saturated carbocycles. The third-order valence-corrected chi connectivity index (χ3v) is 2.36. The van der Waals surface area contributed by atoms with Gasteiger partial charge in [-0.05, 0) is 6.07 Å². The summed E-state index contributed by atoms with van der Waals surface area (Å²) in [5, 5.41) is 2.68. The SMILES string of the molecule is Fc1cnccc1NCc1nccn1CC(F)(F)F. The van der Waals surface area contributed by atoms with Crippen molar-refractivity contribution in [3.63, 3.8) is 0 Å². The first-order valence-electron chi connectivity index (χ1n) is 5.36. The Morgan fingerprint density at radius 3 is 2.74 bits per heavy atom. The van der Waals surface area contributed by atoms with Crippen LogP contribution in [0.3, 0.4) is 0 Å². The van der Waals surface area contributed by atoms with E-state index in [2.05, 4.69) is 15.3 Å². The number of nitrogens with zero attached hydrogens (tertiary/aromatic N) is 3. The maximum Gasteiger partial charge on any atom is 0.406 e. The van der Waals surface area contributed by atoms with Gasteiger partial charge >= 0.3 is 6.18 Å². The molecule has 0 aliphatic carbocycles. The van der Waals surface area contributed by atoms with E-state index in [4.69, 9.17) is 0 Å². The quantitative estimate of drug-likeness (QED) is 0.871. The Labute approximate surface area is 106 Å². The van der Waals surface area contributed by atoms with Crippen molar-refractivity contribution in [1.29, 1.82) is 0 Å². The Kier molecular flexibility index (Phi) is 3.68. The zero-order valence-electron chi connectivity index (χ0n) is 9.65. The number of aromatic nitrogens is 3. The molecule has 102 valence electrons. The van der Waals surface area contributed by atoms with Crippen LogP contribution >= 0.6 is 0 Å². The number of imidazole rings is 1. The standard InChI is InChI=1S/C11H10F4N4/c12-8-5-16-2-1-9(8)18-6-10-17-3-4-19(10)7-11(13,14)15/h1-5H,6-7H2,(H,16,18). The summed E-state index contributed by atoms with van der Waals surface area (Å²) in [7, 11) is 0. The maximum atomic E-state index is 13.3. The van der Waals surface area contributed by atoms with E-state index in [-0.39, 0.29) is 18.1 Å². The first-order valence-corrected chi connectivity index (χ1v) is 5.36. The first-order chi connectivity index (χ1) is 8.96. The summed E-state index contributed by atoms with van der Waals surface area (Å²) in [4.78, 5) is 7.38. The van der Waals surface area contributed by atoms with Gasteiger partial charge in [0, 0.05) is 18.6 Å². The summed E-state index contributed by atoms with van der Waals surface area (Å²) in [5.74, 6) is -0.398. The molecule has 0 atom stereocenters. The summed E-state index contributed by atoms with van der Waals surface area (Å²) in [5.41, 5.74) is 0.163. The van der Waals surface area contributed by atoms with Crippen LogP contribution in [-0.4, -0.2) is 20.7 Å². The van der Waals surface area contributed by atoms with Gasteiger partial charge in [-0.1, -0.05) is 0 Å². The number of pyridine rings is 1. The molecular formula is C11H10F4N4. The average molecular weight is 274 g/mol. The highest BCUT2D eigenvalue weighted by molar-refractivity contribution is 5.42. The molecule has 8 heteroatoms. The molecule has 2 aromatic heterocycles. The molecule has 0 bridgehead atoms. The van der Waals surface area contributed by atoms with E-state index >= 15 is 0 Å². The fourth-order valence-electron chi connectivity index (χ4n) is 1.54. The molecule has 0 radical (unpaired) electrons. The molecule has 0 unspecified atom stereocenters. The van der Waals surface area contributed by atoms with E-state index in [0.717, 1.165) is 10.8 Å². The molecule has 4 nitrogen and oxygen atoms in total. The van der Waals surface area contributed by atoms with Gasteiger partial charge < -0.3 is 9.88 Å². The van der Waals surface area contributed by atoms with E-state index in [1.165, 1.54) is 24.7 Å². The molecule has 0 spiro atoms. The first kappa shape index (κ1) is 13.3. The molecule has 0 fully saturated rings. The topological polar surface area (TPSA) is 42.7 Å². The van der Waals surface area contributed by atoms with Gasteiger partial charge in [-0.3, -0.25) is 4.98 Å². The largest absolute Gasteiger partial charge is 0.406 e. The third kappa shape index (κ3) is 3.67. The van der Waals surface area contributed by atoms with Crippen LogP contribution in [0.4, 0.5) is 23.2 Å². The Morgan fingerprint density at radius 2 is 2.05 bits per heavy atom. The lowest BCUT2D eigenvalue weighted by molar-refractivity contribution is -0.141. The van der Waals surface area contributed by atoms with Crippen molar-refractivity contribution in [3.8, 4) is 0 Å². The molecular weight excluding hydrogens is 264 g/mol. The Morgan fingerprint density at radius 1 is 1.26 bits per heavy atom. The highest BCUT2D eigenvalue weighted by Gasteiger charge is 2.28. The third-order valence-electron chi connectivity index (χ3n) is 2.36. The van der Waals surface area contributed by atoms with Gasteiger partial charge in [0.25, 0.3) is 0 Å². The van der Waals surface area contributed by atoms with Crippen LogP contribution in [0.1, 0.15) is 5.82 Å². The van der Waals surface area contributed by atoms with Gasteiger partial charge in [-0.2, -0.15) is 13.2 Å². The van der Waals surface area contributed by atoms with Crippen molar-refractivity contribution < 1.29 is 17.6 Å². The summed E-state index contributed by atoms with van der Waals surface area (Å²) < 4.78 is 51.1. The second-order valence-corrected chi connectivity index (χ2v) is 3.80. The molecule has 1 N–H and O–H groups in total. The van der Waals surface area contributed by atoms with Crippen molar-refractivity contribution >= 4 is 5.69 Å². The second-order valence-electron chi connectivity index (χ2n) is 3.80. The van der Waals surface area contributed by atoms with Crippen molar-refractivity contribution in [1.82, 2.24) is 14.5 Å². The van der Waals surface area contributed by atoms with Crippen LogP contribution < -0.4 is 5.32 Å². The second kappa shape index (κ2) is 5.25. The number of nitrogens with one attached hydrogen (secondary N) is 1. The normalized spacial score (nSPS) is 11.6. The van der Waals surface area contributed by atoms with Gasteiger partial charge in [0.1, 0.15) is 12.4 Å². The van der Waals surface area contributed by atoms with Crippen molar-refractivity contribution in [2.24, 2.45) is 0 Å². The summed E-state index contributed by atoms with van der Waals surface area (Å²) in [6.07, 6.45) is 0.578. The van der Waals surface area contributed by atoms with E-state index in [0.29, 0.717) is 0 Å². The van der Waals surface area contributed by atoms with E-state index in [9.17, 15) is 17.6 Å². The summed E-state index contributed by atoms with van der Waals surface area (Å²) in [6.45, 7) is -1.13. The minimum absolute atomic E-state index is 0.00991. The van der Waals surface area contributed by atoms with Crippen molar-refractivity contribution in [3.05, 3.63) is 42.5 Å². The number of alkyl halides is 3. The number of anilines is 1. The Hall–Kier alpha value is -2.12. The lowest BCUT2D eigenvalue weighted by Crippen LogP contribution is -2.20. The molecule has 2 heterocycles. The molecule has 0 saturated heterocycles. The van der Waals surface area contributed by atoms with Gasteiger partial charge in [0.2, 0.25) is 0 Å². The lowest BCUT2D eigenvalue weighted by Gasteiger charge is -2.11. The molecule has 2 rings (SSSR count). The average Bonchev–Trinajstić information content (AvgIpc) is 2.73. The number of hydrogen-bond acceptors (Lipinski definition) is 3. The Balaban J connectivity index is 2.05. The zero-order chi connectivity index (χ0) is 13.9. The number of halogens is 4.